The zero-order valence-corrected chi connectivity index (χ0v) is 14.6. The van der Waals surface area contributed by atoms with Crippen LogP contribution in [0.3, 0.4) is 0 Å². The predicted molar refractivity (Wildman–Crippen MR) is 78.8 cm³/mol. The molecule has 0 saturated carbocycles. The summed E-state index contributed by atoms with van der Waals surface area (Å²) in [4.78, 5) is 8.56. The molecule has 13 heteroatoms. The van der Waals surface area contributed by atoms with Gasteiger partial charge in [0.1, 0.15) is 11.5 Å². The molecular weight excluding hydrogens is 403 g/mol. The lowest BCUT2D eigenvalue weighted by molar-refractivity contribution is -0.110. The van der Waals surface area contributed by atoms with Crippen molar-refractivity contribution in [2.24, 2.45) is 0 Å². The number of benzene rings is 1. The SMILES string of the molecule is CCOP(=O)(O)Oc1ccc(S(=O)(=O)CC(F)(F)C(F)F)cc1.Cl. The summed E-state index contributed by atoms with van der Waals surface area (Å²) >= 11 is 0. The van der Waals surface area contributed by atoms with Gasteiger partial charge in [-0.3, -0.25) is 9.42 Å². The fourth-order valence-corrected chi connectivity index (χ4v) is 3.55. The molecular formula is C11H14ClF4O6PS. The summed E-state index contributed by atoms with van der Waals surface area (Å²) in [6, 6.07) is 3.40. The van der Waals surface area contributed by atoms with Crippen molar-refractivity contribution in [2.75, 3.05) is 12.4 Å². The van der Waals surface area contributed by atoms with E-state index in [0.717, 1.165) is 24.3 Å². The van der Waals surface area contributed by atoms with Gasteiger partial charge in [0.25, 0.3) is 0 Å². The lowest BCUT2D eigenvalue weighted by atomic mass is 10.3. The van der Waals surface area contributed by atoms with Crippen LogP contribution in [0, 0.1) is 0 Å². The Balaban J connectivity index is 0.00000529. The average Bonchev–Trinajstić information content (AvgIpc) is 2.37. The van der Waals surface area contributed by atoms with Gasteiger partial charge in [0.2, 0.25) is 0 Å². The molecule has 0 heterocycles. The molecule has 1 aromatic carbocycles. The van der Waals surface area contributed by atoms with Crippen LogP contribution in [0.4, 0.5) is 17.6 Å². The van der Waals surface area contributed by atoms with Gasteiger partial charge in [-0.2, -0.15) is 8.78 Å². The number of phosphoric ester groups is 1. The Hall–Kier alpha value is -0.870. The van der Waals surface area contributed by atoms with Gasteiger partial charge in [0.05, 0.1) is 11.5 Å². The first-order valence-corrected chi connectivity index (χ1v) is 9.20. The van der Waals surface area contributed by atoms with Crippen LogP contribution in [0.2, 0.25) is 0 Å². The molecule has 1 atom stereocenters. The molecule has 24 heavy (non-hydrogen) atoms. The first-order valence-electron chi connectivity index (χ1n) is 6.05. The number of hydrogen-bond donors (Lipinski definition) is 1. The summed E-state index contributed by atoms with van der Waals surface area (Å²) in [5.41, 5.74) is 0. The molecule has 1 unspecified atom stereocenters. The van der Waals surface area contributed by atoms with E-state index in [1.54, 1.807) is 0 Å². The van der Waals surface area contributed by atoms with E-state index in [4.69, 9.17) is 0 Å². The minimum Gasteiger partial charge on any atom is -0.404 e. The maximum atomic E-state index is 12.9. The molecule has 6 nitrogen and oxygen atoms in total. The third-order valence-corrected chi connectivity index (χ3v) is 5.18. The van der Waals surface area contributed by atoms with E-state index in [9.17, 15) is 35.4 Å². The van der Waals surface area contributed by atoms with E-state index in [-0.39, 0.29) is 24.8 Å². The zero-order valence-electron chi connectivity index (χ0n) is 12.1. The Kier molecular flexibility index (Phi) is 8.17. The van der Waals surface area contributed by atoms with Crippen LogP contribution in [-0.2, 0) is 18.9 Å². The summed E-state index contributed by atoms with van der Waals surface area (Å²) in [6.45, 7) is 1.31. The van der Waals surface area contributed by atoms with Crippen molar-refractivity contribution in [3.8, 4) is 5.75 Å². The molecule has 0 saturated heterocycles. The first-order chi connectivity index (χ1) is 10.4. The van der Waals surface area contributed by atoms with Crippen LogP contribution in [0.1, 0.15) is 6.92 Å². The summed E-state index contributed by atoms with van der Waals surface area (Å²) in [7, 11) is -9.07. The van der Waals surface area contributed by atoms with Crippen molar-refractivity contribution in [3.63, 3.8) is 0 Å². The lowest BCUT2D eigenvalue weighted by Gasteiger charge is -2.15. The van der Waals surface area contributed by atoms with Gasteiger partial charge in [-0.15, -0.1) is 12.4 Å². The zero-order chi connectivity index (χ0) is 17.9. The molecule has 0 radical (unpaired) electrons. The van der Waals surface area contributed by atoms with Crippen LogP contribution in [0.25, 0.3) is 0 Å². The fourth-order valence-electron chi connectivity index (χ4n) is 1.43. The van der Waals surface area contributed by atoms with Gasteiger partial charge in [-0.05, 0) is 31.2 Å². The van der Waals surface area contributed by atoms with Crippen LogP contribution in [0.5, 0.6) is 5.75 Å². The van der Waals surface area contributed by atoms with E-state index in [1.807, 2.05) is 0 Å². The van der Waals surface area contributed by atoms with Gasteiger partial charge in [-0.25, -0.2) is 21.8 Å². The molecule has 1 N–H and O–H groups in total. The first kappa shape index (κ1) is 23.1. The van der Waals surface area contributed by atoms with E-state index in [1.165, 1.54) is 6.92 Å². The molecule has 1 rings (SSSR count). The minimum atomic E-state index is -4.69. The van der Waals surface area contributed by atoms with Crippen LogP contribution in [-0.4, -0.2) is 38.0 Å². The van der Waals surface area contributed by atoms with Gasteiger partial charge in [0, 0.05) is 0 Å². The van der Waals surface area contributed by atoms with Crippen molar-refractivity contribution in [2.45, 2.75) is 24.2 Å². The molecule has 0 aliphatic carbocycles. The van der Waals surface area contributed by atoms with Crippen LogP contribution in [0.15, 0.2) is 29.2 Å². The lowest BCUT2D eigenvalue weighted by Crippen LogP contribution is -2.35. The van der Waals surface area contributed by atoms with Gasteiger partial charge < -0.3 is 4.52 Å². The summed E-state index contributed by atoms with van der Waals surface area (Å²) in [5.74, 6) is -7.01. The second kappa shape index (κ2) is 8.48. The van der Waals surface area contributed by atoms with Crippen LogP contribution >= 0.6 is 20.2 Å². The molecule has 0 bridgehead atoms. The summed E-state index contributed by atoms with van der Waals surface area (Å²) in [6.07, 6.45) is -4.12. The van der Waals surface area contributed by atoms with E-state index >= 15 is 0 Å². The Morgan fingerprint density at radius 2 is 1.75 bits per heavy atom. The van der Waals surface area contributed by atoms with Crippen LogP contribution < -0.4 is 4.52 Å². The Bertz CT molecular complexity index is 682. The number of rotatable bonds is 8. The van der Waals surface area contributed by atoms with E-state index < -0.39 is 40.7 Å². The highest BCUT2D eigenvalue weighted by Gasteiger charge is 2.45. The number of phosphoric acid groups is 1. The minimum absolute atomic E-state index is 0. The van der Waals surface area contributed by atoms with E-state index in [0.29, 0.717) is 0 Å². The fraction of sp³-hybridized carbons (Fsp3) is 0.455. The maximum Gasteiger partial charge on any atom is 0.527 e. The molecule has 140 valence electrons. The predicted octanol–water partition coefficient (Wildman–Crippen LogP) is 3.30. The molecule has 1 aromatic rings. The van der Waals surface area contributed by atoms with Gasteiger partial charge in [0.15, 0.2) is 9.84 Å². The van der Waals surface area contributed by atoms with Gasteiger partial charge >= 0.3 is 20.2 Å². The largest absolute Gasteiger partial charge is 0.527 e. The smallest absolute Gasteiger partial charge is 0.404 e. The quantitative estimate of drug-likeness (QED) is 0.516. The number of halogens is 5. The number of hydrogen-bond acceptors (Lipinski definition) is 5. The average molecular weight is 417 g/mol. The molecule has 0 aliphatic rings. The normalized spacial score (nSPS) is 14.8. The topological polar surface area (TPSA) is 89.9 Å². The molecule has 0 aromatic heterocycles. The maximum absolute atomic E-state index is 12.9. The van der Waals surface area contributed by atoms with Gasteiger partial charge in [-0.1, -0.05) is 0 Å². The second-order valence-electron chi connectivity index (χ2n) is 4.27. The monoisotopic (exact) mass is 416 g/mol. The number of alkyl halides is 4. The molecule has 0 amide bonds. The third kappa shape index (κ3) is 6.56. The highest BCUT2D eigenvalue weighted by molar-refractivity contribution is 7.91. The number of sulfone groups is 1. The Morgan fingerprint density at radius 1 is 1.25 bits per heavy atom. The van der Waals surface area contributed by atoms with Crippen molar-refractivity contribution in [1.82, 2.24) is 0 Å². The highest BCUT2D eigenvalue weighted by atomic mass is 35.5. The third-order valence-electron chi connectivity index (χ3n) is 2.40. The molecule has 0 fully saturated rings. The standard InChI is InChI=1S/C11H13F4O6PS.ClH/c1-2-20-22(16,17)21-8-3-5-9(6-4-8)23(18,19)7-11(14,15)10(12)13;/h3-6,10H,2,7H2,1H3,(H,16,17);1H. The van der Waals surface area contributed by atoms with Crippen molar-refractivity contribution in [1.29, 1.82) is 0 Å². The molecule has 0 aliphatic heterocycles. The van der Waals surface area contributed by atoms with Crippen molar-refractivity contribution < 1.29 is 44.5 Å². The Morgan fingerprint density at radius 3 is 2.17 bits per heavy atom. The van der Waals surface area contributed by atoms with Crippen molar-refractivity contribution >= 4 is 30.1 Å². The second-order valence-corrected chi connectivity index (χ2v) is 7.64. The van der Waals surface area contributed by atoms with Crippen molar-refractivity contribution in [3.05, 3.63) is 24.3 Å². The Labute approximate surface area is 141 Å². The summed E-state index contributed by atoms with van der Waals surface area (Å²) < 4.78 is 93.6. The van der Waals surface area contributed by atoms with E-state index in [2.05, 4.69) is 9.05 Å². The highest BCUT2D eigenvalue weighted by Crippen LogP contribution is 2.43. The molecule has 0 spiro atoms. The summed E-state index contributed by atoms with van der Waals surface area (Å²) in [5, 5.41) is 0.